The van der Waals surface area contributed by atoms with Crippen LogP contribution in [0.5, 0.6) is 0 Å². The second kappa shape index (κ2) is 4.07. The van der Waals surface area contributed by atoms with Crippen LogP contribution in [-0.4, -0.2) is 5.78 Å². The third-order valence-electron chi connectivity index (χ3n) is 5.78. The van der Waals surface area contributed by atoms with Gasteiger partial charge in [0.25, 0.3) is 0 Å². The maximum atomic E-state index is 12.7. The molecule has 0 heterocycles. The molecule has 3 atom stereocenters. The molecule has 3 unspecified atom stereocenters. The molecule has 0 N–H and O–H groups in total. The van der Waals surface area contributed by atoms with Gasteiger partial charge >= 0.3 is 0 Å². The molecule has 1 fully saturated rings. The standard InChI is InChI=1S/C19H22O/c1-12(2)14-4-5-15-10-19(11-18(20)17(15)8-14)9-13-3-6-16(19)7-13/h3-6,8,12-13,16H,7,9-11H2,1-2H3. The summed E-state index contributed by atoms with van der Waals surface area (Å²) in [5, 5.41) is 0. The first kappa shape index (κ1) is 12.4. The molecular weight excluding hydrogens is 244 g/mol. The van der Waals surface area contributed by atoms with E-state index in [1.807, 2.05) is 0 Å². The van der Waals surface area contributed by atoms with E-state index in [0.29, 0.717) is 17.6 Å². The summed E-state index contributed by atoms with van der Waals surface area (Å²) in [6, 6.07) is 6.59. The third kappa shape index (κ3) is 1.65. The van der Waals surface area contributed by atoms with E-state index in [0.717, 1.165) is 24.3 Å². The number of rotatable bonds is 1. The molecule has 0 amide bonds. The first-order chi connectivity index (χ1) is 9.57. The van der Waals surface area contributed by atoms with Gasteiger partial charge < -0.3 is 0 Å². The average Bonchev–Trinajstić information content (AvgIpc) is 2.98. The number of benzene rings is 1. The summed E-state index contributed by atoms with van der Waals surface area (Å²) in [6.45, 7) is 4.38. The van der Waals surface area contributed by atoms with Crippen LogP contribution in [0.4, 0.5) is 0 Å². The number of carbonyl (C=O) groups is 1. The Morgan fingerprint density at radius 2 is 2.05 bits per heavy atom. The lowest BCUT2D eigenvalue weighted by molar-refractivity contribution is 0.0848. The lowest BCUT2D eigenvalue weighted by Crippen LogP contribution is -2.36. The van der Waals surface area contributed by atoms with Crippen LogP contribution in [-0.2, 0) is 6.42 Å². The number of Topliss-reactive ketones (excluding diaryl/α,β-unsaturated/α-hetero) is 1. The Hall–Kier alpha value is -1.37. The van der Waals surface area contributed by atoms with Gasteiger partial charge in [0.15, 0.2) is 5.78 Å². The summed E-state index contributed by atoms with van der Waals surface area (Å²) < 4.78 is 0. The summed E-state index contributed by atoms with van der Waals surface area (Å²) >= 11 is 0. The van der Waals surface area contributed by atoms with E-state index in [1.54, 1.807) is 0 Å². The number of fused-ring (bicyclic) bond motifs is 4. The zero-order valence-corrected chi connectivity index (χ0v) is 12.4. The average molecular weight is 266 g/mol. The Kier molecular flexibility index (Phi) is 2.52. The quantitative estimate of drug-likeness (QED) is 0.683. The highest BCUT2D eigenvalue weighted by molar-refractivity contribution is 5.99. The summed E-state index contributed by atoms with van der Waals surface area (Å²) in [4.78, 5) is 12.7. The van der Waals surface area contributed by atoms with Crippen molar-refractivity contribution in [3.8, 4) is 0 Å². The van der Waals surface area contributed by atoms with Crippen molar-refractivity contribution in [1.29, 1.82) is 0 Å². The van der Waals surface area contributed by atoms with Gasteiger partial charge in [0.2, 0.25) is 0 Å². The van der Waals surface area contributed by atoms with Crippen LogP contribution in [0.2, 0.25) is 0 Å². The molecule has 1 saturated carbocycles. The molecule has 2 bridgehead atoms. The minimum absolute atomic E-state index is 0.253. The molecule has 0 aromatic heterocycles. The Labute approximate surface area is 121 Å². The van der Waals surface area contributed by atoms with Crippen LogP contribution in [0, 0.1) is 17.3 Å². The van der Waals surface area contributed by atoms with E-state index in [1.165, 1.54) is 24.0 Å². The Morgan fingerprint density at radius 3 is 2.70 bits per heavy atom. The number of carbonyl (C=O) groups excluding carboxylic acids is 1. The lowest BCUT2D eigenvalue weighted by Gasteiger charge is -2.39. The normalized spacial score (nSPS) is 34.2. The van der Waals surface area contributed by atoms with Gasteiger partial charge in [0, 0.05) is 12.0 Å². The van der Waals surface area contributed by atoms with Crippen molar-refractivity contribution in [2.45, 2.75) is 45.4 Å². The van der Waals surface area contributed by atoms with Crippen LogP contribution < -0.4 is 0 Å². The topological polar surface area (TPSA) is 17.1 Å². The van der Waals surface area contributed by atoms with Crippen LogP contribution >= 0.6 is 0 Å². The third-order valence-corrected chi connectivity index (χ3v) is 5.78. The number of ketones is 1. The number of hydrogen-bond acceptors (Lipinski definition) is 1. The molecule has 1 spiro atoms. The molecule has 1 heteroatoms. The van der Waals surface area contributed by atoms with Crippen molar-refractivity contribution < 1.29 is 4.79 Å². The minimum atomic E-state index is 0.253. The maximum Gasteiger partial charge on any atom is 0.163 e. The molecule has 1 nitrogen and oxygen atoms in total. The molecule has 0 saturated heterocycles. The predicted octanol–water partition coefficient (Wildman–Crippen LogP) is 4.52. The zero-order chi connectivity index (χ0) is 13.9. The molecule has 0 radical (unpaired) electrons. The molecule has 0 aliphatic heterocycles. The van der Waals surface area contributed by atoms with Crippen molar-refractivity contribution in [1.82, 2.24) is 0 Å². The van der Waals surface area contributed by atoms with Gasteiger partial charge in [-0.15, -0.1) is 0 Å². The molecule has 4 rings (SSSR count). The van der Waals surface area contributed by atoms with E-state index in [4.69, 9.17) is 0 Å². The number of hydrogen-bond donors (Lipinski definition) is 0. The Balaban J connectivity index is 1.74. The van der Waals surface area contributed by atoms with Crippen LogP contribution in [0.1, 0.15) is 60.5 Å². The van der Waals surface area contributed by atoms with Gasteiger partial charge in [0.05, 0.1) is 0 Å². The van der Waals surface area contributed by atoms with Gasteiger partial charge in [-0.05, 0) is 59.6 Å². The highest BCUT2D eigenvalue weighted by Gasteiger charge is 2.51. The maximum absolute atomic E-state index is 12.7. The second-order valence-corrected chi connectivity index (χ2v) is 7.40. The summed E-state index contributed by atoms with van der Waals surface area (Å²) in [7, 11) is 0. The summed E-state index contributed by atoms with van der Waals surface area (Å²) in [5.41, 5.74) is 3.85. The van der Waals surface area contributed by atoms with E-state index < -0.39 is 0 Å². The van der Waals surface area contributed by atoms with Gasteiger partial charge in [-0.25, -0.2) is 0 Å². The SMILES string of the molecule is CC(C)c1ccc2c(c1)C(=O)CC1(C2)CC2C=CC1C2. The van der Waals surface area contributed by atoms with Gasteiger partial charge in [0.1, 0.15) is 0 Å². The van der Waals surface area contributed by atoms with Crippen molar-refractivity contribution in [3.05, 3.63) is 47.0 Å². The molecule has 104 valence electrons. The fourth-order valence-electron chi connectivity index (χ4n) is 4.68. The van der Waals surface area contributed by atoms with Crippen LogP contribution in [0.15, 0.2) is 30.4 Å². The van der Waals surface area contributed by atoms with Gasteiger partial charge in [-0.2, -0.15) is 0 Å². The van der Waals surface area contributed by atoms with Crippen molar-refractivity contribution in [2.75, 3.05) is 0 Å². The summed E-state index contributed by atoms with van der Waals surface area (Å²) in [6.07, 6.45) is 9.15. The first-order valence-electron chi connectivity index (χ1n) is 7.92. The highest BCUT2D eigenvalue weighted by atomic mass is 16.1. The molecule has 3 aliphatic carbocycles. The fraction of sp³-hybridized carbons (Fsp3) is 0.526. The molecule has 3 aliphatic rings. The molecular formula is C19H22O. The monoisotopic (exact) mass is 266 g/mol. The van der Waals surface area contributed by atoms with E-state index in [2.05, 4.69) is 44.2 Å². The minimum Gasteiger partial charge on any atom is -0.294 e. The number of allylic oxidation sites excluding steroid dienone is 2. The largest absolute Gasteiger partial charge is 0.294 e. The second-order valence-electron chi connectivity index (χ2n) is 7.40. The smallest absolute Gasteiger partial charge is 0.163 e. The van der Waals surface area contributed by atoms with Crippen molar-refractivity contribution >= 4 is 5.78 Å². The zero-order valence-electron chi connectivity index (χ0n) is 12.4. The van der Waals surface area contributed by atoms with Gasteiger partial charge in [-0.1, -0.05) is 38.1 Å². The van der Waals surface area contributed by atoms with E-state index in [-0.39, 0.29) is 5.41 Å². The van der Waals surface area contributed by atoms with Crippen LogP contribution in [0.25, 0.3) is 0 Å². The molecule has 20 heavy (non-hydrogen) atoms. The summed E-state index contributed by atoms with van der Waals surface area (Å²) in [5.74, 6) is 2.27. The van der Waals surface area contributed by atoms with Crippen molar-refractivity contribution in [2.24, 2.45) is 17.3 Å². The highest BCUT2D eigenvalue weighted by Crippen LogP contribution is 2.57. The Bertz CT molecular complexity index is 610. The van der Waals surface area contributed by atoms with Crippen molar-refractivity contribution in [3.63, 3.8) is 0 Å². The first-order valence-corrected chi connectivity index (χ1v) is 7.92. The lowest BCUT2D eigenvalue weighted by atomic mass is 9.64. The van der Waals surface area contributed by atoms with Crippen LogP contribution in [0.3, 0.4) is 0 Å². The van der Waals surface area contributed by atoms with E-state index in [9.17, 15) is 4.79 Å². The molecule has 1 aromatic carbocycles. The van der Waals surface area contributed by atoms with Gasteiger partial charge in [-0.3, -0.25) is 4.79 Å². The molecule has 1 aromatic rings. The van der Waals surface area contributed by atoms with E-state index >= 15 is 0 Å². The predicted molar refractivity (Wildman–Crippen MR) is 81.0 cm³/mol. The Morgan fingerprint density at radius 1 is 1.20 bits per heavy atom. The fourth-order valence-corrected chi connectivity index (χ4v) is 4.68.